The fourth-order valence-electron chi connectivity index (χ4n) is 1.80. The Kier molecular flexibility index (Phi) is 6.61. The highest BCUT2D eigenvalue weighted by atomic mass is 32.2. The Balaban J connectivity index is 1.98. The molecule has 1 atom stereocenters. The number of hydrogen-bond donors (Lipinski definition) is 1. The summed E-state index contributed by atoms with van der Waals surface area (Å²) in [5.74, 6) is 1.26. The monoisotopic (exact) mass is 349 g/mol. The van der Waals surface area contributed by atoms with Crippen LogP contribution in [0.15, 0.2) is 41.3 Å². The van der Waals surface area contributed by atoms with Gasteiger partial charge in [0.1, 0.15) is 5.75 Å². The Morgan fingerprint density at radius 2 is 2.26 bits per heavy atom. The quantitative estimate of drug-likeness (QED) is 0.444. The standard InChI is InChI=1S/C16H19N3O2S2/c1-4-10-22-16-19-18-15(23-16)17-14(20)12(5-2)21-13-9-7-6-8-11(13)3/h4,6-9,12H,1,5,10H2,2-3H3,(H,17,18,20)/t12-/m0/s1. The van der Waals surface area contributed by atoms with Crippen LogP contribution in [0.1, 0.15) is 18.9 Å². The van der Waals surface area contributed by atoms with Crippen molar-refractivity contribution in [1.29, 1.82) is 0 Å². The highest BCUT2D eigenvalue weighted by Crippen LogP contribution is 2.26. The summed E-state index contributed by atoms with van der Waals surface area (Å²) in [4.78, 5) is 12.4. The lowest BCUT2D eigenvalue weighted by atomic mass is 10.2. The van der Waals surface area contributed by atoms with E-state index in [0.29, 0.717) is 17.3 Å². The molecule has 1 amide bonds. The smallest absolute Gasteiger partial charge is 0.267 e. The highest BCUT2D eigenvalue weighted by Gasteiger charge is 2.20. The topological polar surface area (TPSA) is 64.1 Å². The minimum atomic E-state index is -0.565. The number of carbonyl (C=O) groups excluding carboxylic acids is 1. The van der Waals surface area contributed by atoms with Crippen LogP contribution in [0, 0.1) is 6.92 Å². The van der Waals surface area contributed by atoms with Gasteiger partial charge in [0.05, 0.1) is 0 Å². The van der Waals surface area contributed by atoms with Crippen molar-refractivity contribution in [3.8, 4) is 5.75 Å². The molecule has 0 bridgehead atoms. The lowest BCUT2D eigenvalue weighted by molar-refractivity contribution is -0.122. The number of thioether (sulfide) groups is 1. The summed E-state index contributed by atoms with van der Waals surface area (Å²) in [6.07, 6.45) is 1.80. The predicted molar refractivity (Wildman–Crippen MR) is 95.3 cm³/mol. The average molecular weight is 349 g/mol. The van der Waals surface area contributed by atoms with Gasteiger partial charge in [-0.1, -0.05) is 54.3 Å². The molecule has 0 spiro atoms. The Hall–Kier alpha value is -1.86. The minimum absolute atomic E-state index is 0.216. The van der Waals surface area contributed by atoms with Crippen molar-refractivity contribution >= 4 is 34.1 Å². The lowest BCUT2D eigenvalue weighted by Crippen LogP contribution is -2.32. The molecule has 0 fully saturated rings. The van der Waals surface area contributed by atoms with E-state index in [1.54, 1.807) is 6.08 Å². The molecule has 2 aromatic rings. The van der Waals surface area contributed by atoms with Gasteiger partial charge in [-0.05, 0) is 25.0 Å². The third-order valence-electron chi connectivity index (χ3n) is 2.99. The summed E-state index contributed by atoms with van der Waals surface area (Å²) in [6, 6.07) is 7.64. The summed E-state index contributed by atoms with van der Waals surface area (Å²) >= 11 is 2.88. The zero-order valence-corrected chi connectivity index (χ0v) is 14.7. The molecule has 2 rings (SSSR count). The second-order valence-corrected chi connectivity index (χ2v) is 6.99. The van der Waals surface area contributed by atoms with Crippen molar-refractivity contribution in [1.82, 2.24) is 10.2 Å². The van der Waals surface area contributed by atoms with E-state index in [1.165, 1.54) is 23.1 Å². The number of nitrogens with one attached hydrogen (secondary N) is 1. The maximum atomic E-state index is 12.4. The zero-order chi connectivity index (χ0) is 16.7. The van der Waals surface area contributed by atoms with E-state index in [4.69, 9.17) is 4.74 Å². The van der Waals surface area contributed by atoms with Crippen molar-refractivity contribution in [3.63, 3.8) is 0 Å². The van der Waals surface area contributed by atoms with Crippen molar-refractivity contribution < 1.29 is 9.53 Å². The van der Waals surface area contributed by atoms with E-state index in [9.17, 15) is 4.79 Å². The maximum Gasteiger partial charge on any atom is 0.267 e. The van der Waals surface area contributed by atoms with Crippen LogP contribution in [-0.4, -0.2) is 28.0 Å². The molecule has 1 aromatic carbocycles. The van der Waals surface area contributed by atoms with Crippen molar-refractivity contribution in [2.45, 2.75) is 30.7 Å². The van der Waals surface area contributed by atoms with Crippen LogP contribution in [0.3, 0.4) is 0 Å². The van der Waals surface area contributed by atoms with Crippen LogP contribution >= 0.6 is 23.1 Å². The second-order valence-electron chi connectivity index (χ2n) is 4.74. The average Bonchev–Trinajstić information content (AvgIpc) is 2.99. The summed E-state index contributed by atoms with van der Waals surface area (Å²) < 4.78 is 6.63. The highest BCUT2D eigenvalue weighted by molar-refractivity contribution is 8.01. The van der Waals surface area contributed by atoms with Gasteiger partial charge in [-0.3, -0.25) is 10.1 Å². The fourth-order valence-corrected chi connectivity index (χ4v) is 3.31. The first-order valence-electron chi connectivity index (χ1n) is 7.24. The van der Waals surface area contributed by atoms with Gasteiger partial charge in [0.15, 0.2) is 10.4 Å². The van der Waals surface area contributed by atoms with Gasteiger partial charge in [0.25, 0.3) is 5.91 Å². The minimum Gasteiger partial charge on any atom is -0.480 e. The van der Waals surface area contributed by atoms with E-state index in [2.05, 4.69) is 22.1 Å². The molecule has 0 aliphatic carbocycles. The van der Waals surface area contributed by atoms with Crippen molar-refractivity contribution in [2.75, 3.05) is 11.1 Å². The van der Waals surface area contributed by atoms with Crippen LogP contribution in [-0.2, 0) is 4.79 Å². The van der Waals surface area contributed by atoms with Gasteiger partial charge in [-0.25, -0.2) is 0 Å². The summed E-state index contributed by atoms with van der Waals surface area (Å²) in [6.45, 7) is 7.52. The Bertz CT molecular complexity index is 673. The number of aromatic nitrogens is 2. The van der Waals surface area contributed by atoms with Crippen LogP contribution in [0.4, 0.5) is 5.13 Å². The van der Waals surface area contributed by atoms with Crippen LogP contribution in [0.25, 0.3) is 0 Å². The Labute approximate surface area is 144 Å². The second kappa shape index (κ2) is 8.69. The van der Waals surface area contributed by atoms with Gasteiger partial charge in [0, 0.05) is 5.75 Å². The number of aryl methyl sites for hydroxylation is 1. The summed E-state index contributed by atoms with van der Waals surface area (Å²) in [5.41, 5.74) is 0.998. The normalized spacial score (nSPS) is 11.7. The Morgan fingerprint density at radius 3 is 2.96 bits per heavy atom. The molecule has 0 aliphatic rings. The maximum absolute atomic E-state index is 12.4. The molecule has 122 valence electrons. The first-order chi connectivity index (χ1) is 11.1. The number of carbonyl (C=O) groups is 1. The van der Waals surface area contributed by atoms with Gasteiger partial charge in [-0.15, -0.1) is 16.8 Å². The molecule has 0 saturated heterocycles. The number of para-hydroxylation sites is 1. The molecule has 5 nitrogen and oxygen atoms in total. The van der Waals surface area contributed by atoms with E-state index >= 15 is 0 Å². The molecule has 0 saturated carbocycles. The fraction of sp³-hybridized carbons (Fsp3) is 0.312. The van der Waals surface area contributed by atoms with Crippen LogP contribution in [0.5, 0.6) is 5.75 Å². The summed E-state index contributed by atoms with van der Waals surface area (Å²) in [7, 11) is 0. The van der Waals surface area contributed by atoms with Crippen LogP contribution in [0.2, 0.25) is 0 Å². The van der Waals surface area contributed by atoms with Gasteiger partial charge in [0.2, 0.25) is 5.13 Å². The van der Waals surface area contributed by atoms with E-state index < -0.39 is 6.10 Å². The SMILES string of the molecule is C=CCSc1nnc(NC(=O)[C@H](CC)Oc2ccccc2C)s1. The molecule has 0 unspecified atom stereocenters. The van der Waals surface area contributed by atoms with Crippen LogP contribution < -0.4 is 10.1 Å². The van der Waals surface area contributed by atoms with Gasteiger partial charge in [-0.2, -0.15) is 0 Å². The molecule has 1 aromatic heterocycles. The first-order valence-corrected chi connectivity index (χ1v) is 9.04. The number of anilines is 1. The molecular weight excluding hydrogens is 330 g/mol. The third-order valence-corrected chi connectivity index (χ3v) is 4.96. The molecular formula is C16H19N3O2S2. The van der Waals surface area contributed by atoms with E-state index in [-0.39, 0.29) is 5.91 Å². The molecule has 0 radical (unpaired) electrons. The van der Waals surface area contributed by atoms with Gasteiger partial charge >= 0.3 is 0 Å². The molecule has 0 aliphatic heterocycles. The number of rotatable bonds is 8. The molecule has 1 N–H and O–H groups in total. The predicted octanol–water partition coefficient (Wildman–Crippen LogP) is 3.92. The third kappa shape index (κ3) is 5.07. The Morgan fingerprint density at radius 1 is 1.48 bits per heavy atom. The number of benzene rings is 1. The molecule has 23 heavy (non-hydrogen) atoms. The molecule has 1 heterocycles. The summed E-state index contributed by atoms with van der Waals surface area (Å²) in [5, 5.41) is 11.2. The van der Waals surface area contributed by atoms with E-state index in [0.717, 1.165) is 15.7 Å². The number of nitrogens with zero attached hydrogens (tertiary/aromatic N) is 2. The van der Waals surface area contributed by atoms with E-state index in [1.807, 2.05) is 38.1 Å². The largest absolute Gasteiger partial charge is 0.480 e. The van der Waals surface area contributed by atoms with Gasteiger partial charge < -0.3 is 4.74 Å². The zero-order valence-electron chi connectivity index (χ0n) is 13.1. The molecule has 7 heteroatoms. The number of ether oxygens (including phenoxy) is 1. The lowest BCUT2D eigenvalue weighted by Gasteiger charge is -2.17. The number of hydrogen-bond acceptors (Lipinski definition) is 6. The number of amides is 1. The first kappa shape index (κ1) is 17.5. The van der Waals surface area contributed by atoms with Crippen molar-refractivity contribution in [3.05, 3.63) is 42.5 Å². The van der Waals surface area contributed by atoms with Crippen molar-refractivity contribution in [2.24, 2.45) is 0 Å².